The molecule has 0 aliphatic carbocycles. The van der Waals surface area contributed by atoms with Gasteiger partial charge in [-0.25, -0.2) is 0 Å². The number of rotatable bonds is 1. The molecule has 4 heterocycles. The van der Waals surface area contributed by atoms with Crippen molar-refractivity contribution in [2.75, 3.05) is 19.7 Å². The second-order valence-electron chi connectivity index (χ2n) is 5.72. The lowest BCUT2D eigenvalue weighted by molar-refractivity contribution is -0.146. The van der Waals surface area contributed by atoms with Crippen LogP contribution in [0.4, 0.5) is 0 Å². The van der Waals surface area contributed by atoms with Gasteiger partial charge in [0.15, 0.2) is 0 Å². The Morgan fingerprint density at radius 2 is 2.44 bits per heavy atom. The van der Waals surface area contributed by atoms with Crippen LogP contribution in [0.1, 0.15) is 30.1 Å². The monoisotopic (exact) mass is 263 g/mol. The predicted octanol–water partition coefficient (Wildman–Crippen LogP) is 2.24. The molecule has 0 saturated carbocycles. The van der Waals surface area contributed by atoms with Crippen LogP contribution in [0.5, 0.6) is 0 Å². The minimum atomic E-state index is -0.240. The molecule has 3 saturated heterocycles. The molecule has 18 heavy (non-hydrogen) atoms. The zero-order chi connectivity index (χ0) is 12.2. The molecular formula is C14H17NO2S. The van der Waals surface area contributed by atoms with Crippen molar-refractivity contribution in [3.05, 3.63) is 22.4 Å². The van der Waals surface area contributed by atoms with Crippen molar-refractivity contribution in [3.63, 3.8) is 0 Å². The highest BCUT2D eigenvalue weighted by molar-refractivity contribution is 7.10. The van der Waals surface area contributed by atoms with Gasteiger partial charge in [-0.2, -0.15) is 0 Å². The van der Waals surface area contributed by atoms with Crippen LogP contribution in [-0.2, 0) is 9.53 Å². The minimum Gasteiger partial charge on any atom is -0.465 e. The average molecular weight is 263 g/mol. The Labute approximate surface area is 111 Å². The molecule has 4 heteroatoms. The number of nitrogens with zero attached hydrogens (tertiary/aromatic N) is 1. The topological polar surface area (TPSA) is 29.5 Å². The van der Waals surface area contributed by atoms with Crippen LogP contribution in [0.2, 0.25) is 0 Å². The maximum absolute atomic E-state index is 12.3. The van der Waals surface area contributed by atoms with Gasteiger partial charge in [0.25, 0.3) is 0 Å². The fourth-order valence-electron chi connectivity index (χ4n) is 4.18. The summed E-state index contributed by atoms with van der Waals surface area (Å²) in [6.45, 7) is 2.68. The van der Waals surface area contributed by atoms with E-state index in [1.165, 1.54) is 17.7 Å². The van der Waals surface area contributed by atoms with E-state index in [-0.39, 0.29) is 11.4 Å². The van der Waals surface area contributed by atoms with Crippen molar-refractivity contribution < 1.29 is 9.53 Å². The number of esters is 1. The smallest absolute Gasteiger partial charge is 0.314 e. The average Bonchev–Trinajstić information content (AvgIpc) is 3.07. The summed E-state index contributed by atoms with van der Waals surface area (Å²) in [5.74, 6) is 0.422. The van der Waals surface area contributed by atoms with Crippen LogP contribution in [0.3, 0.4) is 0 Å². The molecule has 3 atom stereocenters. The molecule has 3 aliphatic rings. The summed E-state index contributed by atoms with van der Waals surface area (Å²) in [6.07, 6.45) is 3.41. The Balaban J connectivity index is 1.80. The number of cyclic esters (lactones) is 1. The summed E-state index contributed by atoms with van der Waals surface area (Å²) in [7, 11) is 0. The van der Waals surface area contributed by atoms with Crippen molar-refractivity contribution in [1.29, 1.82) is 0 Å². The normalized spacial score (nSPS) is 39.4. The first-order valence-corrected chi connectivity index (χ1v) is 7.64. The summed E-state index contributed by atoms with van der Waals surface area (Å²) in [5.41, 5.74) is -0.240. The number of hydrogen-bond acceptors (Lipinski definition) is 4. The summed E-state index contributed by atoms with van der Waals surface area (Å²) < 4.78 is 5.32. The van der Waals surface area contributed by atoms with Crippen molar-refractivity contribution in [2.45, 2.75) is 31.2 Å². The van der Waals surface area contributed by atoms with E-state index in [0.29, 0.717) is 18.6 Å². The van der Waals surface area contributed by atoms with Gasteiger partial charge in [-0.15, -0.1) is 11.3 Å². The zero-order valence-corrected chi connectivity index (χ0v) is 11.1. The molecule has 0 bridgehead atoms. The van der Waals surface area contributed by atoms with E-state index in [1.807, 2.05) is 0 Å². The third-order valence-electron chi connectivity index (χ3n) is 4.92. The van der Waals surface area contributed by atoms with Crippen LogP contribution >= 0.6 is 11.3 Å². The number of carbonyl (C=O) groups excluding carboxylic acids is 1. The molecule has 0 radical (unpaired) electrons. The highest BCUT2D eigenvalue weighted by Gasteiger charge is 2.61. The van der Waals surface area contributed by atoms with Crippen molar-refractivity contribution in [2.24, 2.45) is 5.41 Å². The van der Waals surface area contributed by atoms with Gasteiger partial charge in [-0.05, 0) is 37.3 Å². The van der Waals surface area contributed by atoms with Crippen LogP contribution < -0.4 is 0 Å². The second kappa shape index (κ2) is 3.81. The van der Waals surface area contributed by atoms with Crippen molar-refractivity contribution in [3.8, 4) is 0 Å². The molecular weight excluding hydrogens is 246 g/mol. The van der Waals surface area contributed by atoms with E-state index in [9.17, 15) is 4.79 Å². The van der Waals surface area contributed by atoms with Gasteiger partial charge < -0.3 is 4.74 Å². The lowest BCUT2D eigenvalue weighted by atomic mass is 9.73. The number of carbonyl (C=O) groups is 1. The molecule has 3 fully saturated rings. The first-order chi connectivity index (χ1) is 8.81. The molecule has 3 nitrogen and oxygen atoms in total. The van der Waals surface area contributed by atoms with Gasteiger partial charge in [-0.1, -0.05) is 6.07 Å². The SMILES string of the molecule is O=C1OCC[C@@]12CN1CCC[C@@H]1[C@@H]2c1cccs1. The summed E-state index contributed by atoms with van der Waals surface area (Å²) in [5, 5.41) is 2.13. The summed E-state index contributed by atoms with van der Waals surface area (Å²) in [6, 6.07) is 4.87. The van der Waals surface area contributed by atoms with Crippen LogP contribution in [0, 0.1) is 5.41 Å². The number of hydrogen-bond donors (Lipinski definition) is 0. The zero-order valence-electron chi connectivity index (χ0n) is 10.3. The van der Waals surface area contributed by atoms with E-state index in [4.69, 9.17) is 4.74 Å². The van der Waals surface area contributed by atoms with Gasteiger partial charge >= 0.3 is 5.97 Å². The Hall–Kier alpha value is -0.870. The highest BCUT2D eigenvalue weighted by Crippen LogP contribution is 2.55. The largest absolute Gasteiger partial charge is 0.465 e. The van der Waals surface area contributed by atoms with E-state index in [2.05, 4.69) is 22.4 Å². The Morgan fingerprint density at radius 1 is 1.50 bits per heavy atom. The van der Waals surface area contributed by atoms with E-state index < -0.39 is 0 Å². The third kappa shape index (κ3) is 1.30. The van der Waals surface area contributed by atoms with E-state index in [1.54, 1.807) is 11.3 Å². The molecule has 0 amide bonds. The summed E-state index contributed by atoms with van der Waals surface area (Å²) >= 11 is 1.80. The lowest BCUT2D eigenvalue weighted by Gasteiger charge is -2.27. The van der Waals surface area contributed by atoms with Gasteiger partial charge in [0.2, 0.25) is 0 Å². The third-order valence-corrected chi connectivity index (χ3v) is 5.87. The molecule has 3 aliphatic heterocycles. The fourth-order valence-corrected chi connectivity index (χ4v) is 5.18. The number of fused-ring (bicyclic) bond motifs is 1. The second-order valence-corrected chi connectivity index (χ2v) is 6.69. The molecule has 1 aromatic rings. The van der Waals surface area contributed by atoms with Gasteiger partial charge in [0.05, 0.1) is 12.0 Å². The Morgan fingerprint density at radius 3 is 3.17 bits per heavy atom. The first-order valence-electron chi connectivity index (χ1n) is 6.76. The maximum atomic E-state index is 12.3. The number of ether oxygens (including phenoxy) is 1. The highest BCUT2D eigenvalue weighted by atomic mass is 32.1. The van der Waals surface area contributed by atoms with Crippen molar-refractivity contribution >= 4 is 17.3 Å². The van der Waals surface area contributed by atoms with Gasteiger partial charge in [0.1, 0.15) is 0 Å². The van der Waals surface area contributed by atoms with Crippen LogP contribution in [0.25, 0.3) is 0 Å². The first kappa shape index (κ1) is 11.0. The van der Waals surface area contributed by atoms with Gasteiger partial charge in [-0.3, -0.25) is 9.69 Å². The van der Waals surface area contributed by atoms with E-state index in [0.717, 1.165) is 19.5 Å². The lowest BCUT2D eigenvalue weighted by Crippen LogP contribution is -2.35. The summed E-state index contributed by atoms with van der Waals surface area (Å²) in [4.78, 5) is 16.2. The number of thiophene rings is 1. The van der Waals surface area contributed by atoms with Crippen LogP contribution in [0.15, 0.2) is 17.5 Å². The molecule has 0 N–H and O–H groups in total. The molecule has 4 rings (SSSR count). The predicted molar refractivity (Wildman–Crippen MR) is 69.7 cm³/mol. The Kier molecular flexibility index (Phi) is 2.33. The molecule has 0 unspecified atom stereocenters. The molecule has 1 spiro atoms. The van der Waals surface area contributed by atoms with Gasteiger partial charge in [0, 0.05) is 23.4 Å². The minimum absolute atomic E-state index is 0.0512. The standard InChI is InChI=1S/C14H17NO2S/c16-13-14(5-7-17-13)9-15-6-1-3-10(15)12(14)11-4-2-8-18-11/h2,4,8,10,12H,1,3,5-7,9H2/t10-,12-,14+/m1/s1. The van der Waals surface area contributed by atoms with Crippen molar-refractivity contribution in [1.82, 2.24) is 4.90 Å². The fraction of sp³-hybridized carbons (Fsp3) is 0.643. The quantitative estimate of drug-likeness (QED) is 0.728. The van der Waals surface area contributed by atoms with E-state index >= 15 is 0 Å². The molecule has 1 aromatic heterocycles. The Bertz CT molecular complexity index is 472. The maximum Gasteiger partial charge on any atom is 0.314 e. The molecule has 96 valence electrons. The molecule has 0 aromatic carbocycles. The van der Waals surface area contributed by atoms with Crippen LogP contribution in [-0.4, -0.2) is 36.6 Å².